The fourth-order valence-corrected chi connectivity index (χ4v) is 2.55. The first-order chi connectivity index (χ1) is 9.63. The standard InChI is InChI=1S/C17H26BrNO/c1-3-4-5-6-7-8-9-10-17(20)19-16-13-15(18)12-11-14(16)2/h11-13H,3-10H2,1-2H3,(H,19,20). The number of hydrogen-bond acceptors (Lipinski definition) is 1. The van der Waals surface area contributed by atoms with Crippen LogP contribution in [0.25, 0.3) is 0 Å². The van der Waals surface area contributed by atoms with Crippen LogP contribution in [-0.4, -0.2) is 5.91 Å². The third kappa shape index (κ3) is 7.09. The van der Waals surface area contributed by atoms with Gasteiger partial charge in [0.05, 0.1) is 0 Å². The number of anilines is 1. The van der Waals surface area contributed by atoms with Gasteiger partial charge in [-0.1, -0.05) is 67.4 Å². The Balaban J connectivity index is 2.19. The van der Waals surface area contributed by atoms with Crippen LogP contribution < -0.4 is 5.32 Å². The van der Waals surface area contributed by atoms with Crippen molar-refractivity contribution in [3.05, 3.63) is 28.2 Å². The summed E-state index contributed by atoms with van der Waals surface area (Å²) >= 11 is 3.43. The predicted octanol–water partition coefficient (Wildman–Crippen LogP) is 5.84. The number of carbonyl (C=O) groups is 1. The van der Waals surface area contributed by atoms with Crippen molar-refractivity contribution in [3.8, 4) is 0 Å². The van der Waals surface area contributed by atoms with Crippen molar-refractivity contribution >= 4 is 27.5 Å². The minimum atomic E-state index is 0.125. The molecule has 0 bridgehead atoms. The van der Waals surface area contributed by atoms with Gasteiger partial charge < -0.3 is 5.32 Å². The zero-order valence-corrected chi connectivity index (χ0v) is 14.3. The number of nitrogens with one attached hydrogen (secondary N) is 1. The molecule has 0 atom stereocenters. The molecule has 1 N–H and O–H groups in total. The highest BCUT2D eigenvalue weighted by atomic mass is 79.9. The summed E-state index contributed by atoms with van der Waals surface area (Å²) in [7, 11) is 0. The minimum Gasteiger partial charge on any atom is -0.326 e. The highest BCUT2D eigenvalue weighted by Gasteiger charge is 2.05. The van der Waals surface area contributed by atoms with Crippen LogP contribution in [0.1, 0.15) is 63.9 Å². The van der Waals surface area contributed by atoms with Crippen LogP contribution >= 0.6 is 15.9 Å². The topological polar surface area (TPSA) is 29.1 Å². The third-order valence-electron chi connectivity index (χ3n) is 3.48. The number of carbonyl (C=O) groups excluding carboxylic acids is 1. The van der Waals surface area contributed by atoms with Crippen LogP contribution in [0, 0.1) is 6.92 Å². The first kappa shape index (κ1) is 17.2. The molecular formula is C17H26BrNO. The normalized spacial score (nSPS) is 10.6. The summed E-state index contributed by atoms with van der Waals surface area (Å²) in [6.07, 6.45) is 9.29. The monoisotopic (exact) mass is 339 g/mol. The van der Waals surface area contributed by atoms with Gasteiger partial charge in [-0.3, -0.25) is 4.79 Å². The Morgan fingerprint density at radius 2 is 1.75 bits per heavy atom. The molecule has 0 spiro atoms. The van der Waals surface area contributed by atoms with E-state index in [0.717, 1.165) is 28.6 Å². The lowest BCUT2D eigenvalue weighted by Crippen LogP contribution is -2.12. The van der Waals surface area contributed by atoms with Gasteiger partial charge in [0, 0.05) is 16.6 Å². The fraction of sp³-hybridized carbons (Fsp3) is 0.588. The second-order valence-corrected chi connectivity index (χ2v) is 6.29. The number of rotatable bonds is 9. The van der Waals surface area contributed by atoms with E-state index in [1.165, 1.54) is 32.1 Å². The molecule has 0 saturated heterocycles. The van der Waals surface area contributed by atoms with E-state index in [2.05, 4.69) is 28.2 Å². The molecule has 0 fully saturated rings. The van der Waals surface area contributed by atoms with Crippen molar-refractivity contribution in [1.82, 2.24) is 0 Å². The maximum Gasteiger partial charge on any atom is 0.224 e. The Hall–Kier alpha value is -0.830. The molecule has 1 aromatic rings. The highest BCUT2D eigenvalue weighted by molar-refractivity contribution is 9.10. The van der Waals surface area contributed by atoms with Crippen LogP contribution in [0.4, 0.5) is 5.69 Å². The van der Waals surface area contributed by atoms with Crippen LogP contribution in [0.2, 0.25) is 0 Å². The molecule has 1 aromatic carbocycles. The SMILES string of the molecule is CCCCCCCCCC(=O)Nc1cc(Br)ccc1C. The van der Waals surface area contributed by atoms with E-state index in [4.69, 9.17) is 0 Å². The molecular weight excluding hydrogens is 314 g/mol. The average Bonchev–Trinajstić information content (AvgIpc) is 2.42. The Morgan fingerprint density at radius 1 is 1.10 bits per heavy atom. The van der Waals surface area contributed by atoms with Gasteiger partial charge in [-0.15, -0.1) is 0 Å². The van der Waals surface area contributed by atoms with Crippen molar-refractivity contribution in [2.75, 3.05) is 5.32 Å². The summed E-state index contributed by atoms with van der Waals surface area (Å²) in [6, 6.07) is 5.95. The summed E-state index contributed by atoms with van der Waals surface area (Å²) in [5.41, 5.74) is 2.01. The predicted molar refractivity (Wildman–Crippen MR) is 90.1 cm³/mol. The van der Waals surface area contributed by atoms with Gasteiger partial charge in [0.1, 0.15) is 0 Å². The molecule has 0 aliphatic carbocycles. The van der Waals surface area contributed by atoms with Gasteiger partial charge in [-0.2, -0.15) is 0 Å². The van der Waals surface area contributed by atoms with Crippen molar-refractivity contribution in [2.24, 2.45) is 0 Å². The molecule has 20 heavy (non-hydrogen) atoms. The van der Waals surface area contributed by atoms with Crippen LogP contribution in [0.5, 0.6) is 0 Å². The molecule has 0 heterocycles. The summed E-state index contributed by atoms with van der Waals surface area (Å²) in [5.74, 6) is 0.125. The second-order valence-electron chi connectivity index (χ2n) is 5.38. The van der Waals surface area contributed by atoms with E-state index >= 15 is 0 Å². The number of halogens is 1. The first-order valence-electron chi connectivity index (χ1n) is 7.69. The Bertz CT molecular complexity index is 417. The van der Waals surface area contributed by atoms with E-state index in [-0.39, 0.29) is 5.91 Å². The van der Waals surface area contributed by atoms with E-state index in [0.29, 0.717) is 6.42 Å². The summed E-state index contributed by atoms with van der Waals surface area (Å²) < 4.78 is 0.995. The van der Waals surface area contributed by atoms with Crippen molar-refractivity contribution < 1.29 is 4.79 Å². The smallest absolute Gasteiger partial charge is 0.224 e. The molecule has 112 valence electrons. The van der Waals surface area contributed by atoms with Crippen LogP contribution in [0.3, 0.4) is 0 Å². The Morgan fingerprint density at radius 3 is 2.45 bits per heavy atom. The summed E-state index contributed by atoms with van der Waals surface area (Å²) in [6.45, 7) is 4.24. The highest BCUT2D eigenvalue weighted by Crippen LogP contribution is 2.21. The number of hydrogen-bond donors (Lipinski definition) is 1. The molecule has 3 heteroatoms. The third-order valence-corrected chi connectivity index (χ3v) is 3.97. The van der Waals surface area contributed by atoms with Gasteiger partial charge in [0.15, 0.2) is 0 Å². The molecule has 0 unspecified atom stereocenters. The number of amides is 1. The molecule has 1 rings (SSSR count). The molecule has 0 radical (unpaired) electrons. The van der Waals surface area contributed by atoms with Crippen molar-refractivity contribution in [3.63, 3.8) is 0 Å². The lowest BCUT2D eigenvalue weighted by Gasteiger charge is -2.09. The van der Waals surface area contributed by atoms with Gasteiger partial charge in [-0.25, -0.2) is 0 Å². The molecule has 0 aliphatic rings. The number of unbranched alkanes of at least 4 members (excludes halogenated alkanes) is 6. The Labute approximate surface area is 131 Å². The Kier molecular flexibility index (Phi) is 8.59. The van der Waals surface area contributed by atoms with Gasteiger partial charge in [0.25, 0.3) is 0 Å². The van der Waals surface area contributed by atoms with E-state index < -0.39 is 0 Å². The lowest BCUT2D eigenvalue weighted by atomic mass is 10.1. The van der Waals surface area contributed by atoms with Crippen LogP contribution in [-0.2, 0) is 4.79 Å². The molecule has 0 saturated carbocycles. The quantitative estimate of drug-likeness (QED) is 0.563. The number of aryl methyl sites for hydroxylation is 1. The van der Waals surface area contributed by atoms with Crippen LogP contribution in [0.15, 0.2) is 22.7 Å². The maximum absolute atomic E-state index is 11.9. The second kappa shape index (κ2) is 9.98. The van der Waals surface area contributed by atoms with Crippen molar-refractivity contribution in [1.29, 1.82) is 0 Å². The van der Waals surface area contributed by atoms with Gasteiger partial charge >= 0.3 is 0 Å². The summed E-state index contributed by atoms with van der Waals surface area (Å²) in [5, 5.41) is 2.99. The van der Waals surface area contributed by atoms with E-state index in [1.54, 1.807) is 0 Å². The number of benzene rings is 1. The maximum atomic E-state index is 11.9. The average molecular weight is 340 g/mol. The van der Waals surface area contributed by atoms with Crippen molar-refractivity contribution in [2.45, 2.75) is 65.2 Å². The molecule has 1 amide bonds. The van der Waals surface area contributed by atoms with E-state index in [9.17, 15) is 4.79 Å². The largest absolute Gasteiger partial charge is 0.326 e. The van der Waals surface area contributed by atoms with Gasteiger partial charge in [-0.05, 0) is 31.0 Å². The zero-order chi connectivity index (χ0) is 14.8. The van der Waals surface area contributed by atoms with E-state index in [1.807, 2.05) is 25.1 Å². The summed E-state index contributed by atoms with van der Waals surface area (Å²) in [4.78, 5) is 11.9. The molecule has 2 nitrogen and oxygen atoms in total. The fourth-order valence-electron chi connectivity index (χ4n) is 2.18. The minimum absolute atomic E-state index is 0.125. The lowest BCUT2D eigenvalue weighted by molar-refractivity contribution is -0.116. The molecule has 0 aliphatic heterocycles. The first-order valence-corrected chi connectivity index (χ1v) is 8.48. The zero-order valence-electron chi connectivity index (χ0n) is 12.7. The molecule has 0 aromatic heterocycles. The van der Waals surface area contributed by atoms with Gasteiger partial charge in [0.2, 0.25) is 5.91 Å².